The molecule has 0 saturated carbocycles. The molecule has 0 aliphatic heterocycles. The van der Waals surface area contributed by atoms with E-state index in [1.54, 1.807) is 0 Å². The second-order valence-electron chi connectivity index (χ2n) is 2.68. The van der Waals surface area contributed by atoms with Crippen LogP contribution < -0.4 is 5.32 Å². The van der Waals surface area contributed by atoms with E-state index in [9.17, 15) is 4.79 Å². The quantitative estimate of drug-likeness (QED) is 0.839. The molecule has 0 radical (unpaired) electrons. The van der Waals surface area contributed by atoms with E-state index in [-0.39, 0.29) is 0 Å². The fourth-order valence-electron chi connectivity index (χ4n) is 1.01. The van der Waals surface area contributed by atoms with Crippen LogP contribution in [0.4, 0.5) is 4.79 Å². The Morgan fingerprint density at radius 1 is 1.62 bits per heavy atom. The lowest BCUT2D eigenvalue weighted by Crippen LogP contribution is -2.20. The van der Waals surface area contributed by atoms with Crippen molar-refractivity contribution in [3.05, 3.63) is 33.8 Å². The second-order valence-corrected chi connectivity index (χ2v) is 3.54. The van der Waals surface area contributed by atoms with Gasteiger partial charge in [0.1, 0.15) is 0 Å². The molecule has 3 nitrogen and oxygen atoms in total. The summed E-state index contributed by atoms with van der Waals surface area (Å²) in [6.07, 6.45) is -1.00. The summed E-state index contributed by atoms with van der Waals surface area (Å²) in [6, 6.07) is 5.71. The maximum Gasteiger partial charge on any atom is 0.404 e. The summed E-state index contributed by atoms with van der Waals surface area (Å²) < 4.78 is 0.997. The predicted molar refractivity (Wildman–Crippen MR) is 53.7 cm³/mol. The van der Waals surface area contributed by atoms with Crippen LogP contribution in [0, 0.1) is 6.92 Å². The van der Waals surface area contributed by atoms with Crippen molar-refractivity contribution in [2.75, 3.05) is 0 Å². The molecular formula is C9H10BrNO2. The Balaban J connectivity index is 2.77. The first-order valence-corrected chi connectivity index (χ1v) is 4.61. The number of hydrogen-bond donors (Lipinski definition) is 2. The molecule has 0 aromatic heterocycles. The van der Waals surface area contributed by atoms with Crippen molar-refractivity contribution in [3.63, 3.8) is 0 Å². The Bertz CT molecular complexity index is 325. The molecule has 2 N–H and O–H groups in total. The number of amides is 1. The van der Waals surface area contributed by atoms with Crippen molar-refractivity contribution < 1.29 is 9.90 Å². The number of hydrogen-bond acceptors (Lipinski definition) is 1. The van der Waals surface area contributed by atoms with Gasteiger partial charge in [0, 0.05) is 11.0 Å². The minimum atomic E-state index is -1.00. The van der Waals surface area contributed by atoms with E-state index in [0.29, 0.717) is 6.54 Å². The van der Waals surface area contributed by atoms with E-state index in [2.05, 4.69) is 21.2 Å². The van der Waals surface area contributed by atoms with Crippen molar-refractivity contribution in [2.24, 2.45) is 0 Å². The molecule has 1 aromatic rings. The number of carboxylic acid groups (broad SMARTS) is 1. The molecule has 13 heavy (non-hydrogen) atoms. The SMILES string of the molecule is Cc1c(Br)cccc1CNC(=O)O. The summed E-state index contributed by atoms with van der Waals surface area (Å²) >= 11 is 3.38. The van der Waals surface area contributed by atoms with Crippen LogP contribution in [0.1, 0.15) is 11.1 Å². The Morgan fingerprint density at radius 2 is 2.31 bits per heavy atom. The number of benzene rings is 1. The highest BCUT2D eigenvalue weighted by atomic mass is 79.9. The fourth-order valence-corrected chi connectivity index (χ4v) is 1.42. The number of carbonyl (C=O) groups is 1. The Morgan fingerprint density at radius 3 is 2.92 bits per heavy atom. The summed E-state index contributed by atoms with van der Waals surface area (Å²) in [5.74, 6) is 0. The number of rotatable bonds is 2. The van der Waals surface area contributed by atoms with E-state index in [1.165, 1.54) is 0 Å². The zero-order chi connectivity index (χ0) is 9.84. The summed E-state index contributed by atoms with van der Waals surface area (Å²) in [6.45, 7) is 2.30. The van der Waals surface area contributed by atoms with Gasteiger partial charge >= 0.3 is 6.09 Å². The van der Waals surface area contributed by atoms with Gasteiger partial charge in [0.15, 0.2) is 0 Å². The fraction of sp³-hybridized carbons (Fsp3) is 0.222. The maximum atomic E-state index is 10.2. The number of halogens is 1. The highest BCUT2D eigenvalue weighted by molar-refractivity contribution is 9.10. The van der Waals surface area contributed by atoms with Crippen LogP contribution in [0.2, 0.25) is 0 Å². The topological polar surface area (TPSA) is 49.3 Å². The highest BCUT2D eigenvalue weighted by Gasteiger charge is 2.02. The maximum absolute atomic E-state index is 10.2. The molecule has 0 bridgehead atoms. The zero-order valence-corrected chi connectivity index (χ0v) is 8.76. The largest absolute Gasteiger partial charge is 0.465 e. The van der Waals surface area contributed by atoms with E-state index in [0.717, 1.165) is 15.6 Å². The summed E-state index contributed by atoms with van der Waals surface area (Å²) in [4.78, 5) is 10.2. The third-order valence-corrected chi connectivity index (χ3v) is 2.67. The van der Waals surface area contributed by atoms with Gasteiger partial charge in [0.2, 0.25) is 0 Å². The van der Waals surface area contributed by atoms with Crippen LogP contribution in [0.3, 0.4) is 0 Å². The van der Waals surface area contributed by atoms with Gasteiger partial charge in [0.25, 0.3) is 0 Å². The molecule has 0 atom stereocenters. The molecule has 0 saturated heterocycles. The lowest BCUT2D eigenvalue weighted by molar-refractivity contribution is 0.194. The Kier molecular flexibility index (Phi) is 3.31. The van der Waals surface area contributed by atoms with Crippen LogP contribution in [0.5, 0.6) is 0 Å². The molecule has 0 spiro atoms. The first-order valence-electron chi connectivity index (χ1n) is 3.82. The highest BCUT2D eigenvalue weighted by Crippen LogP contribution is 2.18. The molecule has 70 valence electrons. The van der Waals surface area contributed by atoms with Crippen molar-refractivity contribution in [1.29, 1.82) is 0 Å². The molecule has 0 heterocycles. The van der Waals surface area contributed by atoms with Crippen molar-refractivity contribution >= 4 is 22.0 Å². The predicted octanol–water partition coefficient (Wildman–Crippen LogP) is 2.53. The minimum absolute atomic E-state index is 0.348. The third kappa shape index (κ3) is 2.73. The van der Waals surface area contributed by atoms with Crippen molar-refractivity contribution in [2.45, 2.75) is 13.5 Å². The van der Waals surface area contributed by atoms with Crippen LogP contribution in [-0.2, 0) is 6.54 Å². The van der Waals surface area contributed by atoms with E-state index < -0.39 is 6.09 Å². The summed E-state index contributed by atoms with van der Waals surface area (Å²) in [5.41, 5.74) is 2.05. The first kappa shape index (κ1) is 10.1. The molecule has 1 rings (SSSR count). The van der Waals surface area contributed by atoms with Gasteiger partial charge in [-0.1, -0.05) is 28.1 Å². The lowest BCUT2D eigenvalue weighted by Gasteiger charge is -2.06. The molecule has 0 aliphatic carbocycles. The van der Waals surface area contributed by atoms with Gasteiger partial charge in [-0.05, 0) is 24.1 Å². The molecule has 0 aliphatic rings. The normalized spacial score (nSPS) is 9.69. The van der Waals surface area contributed by atoms with Crippen molar-refractivity contribution in [1.82, 2.24) is 5.32 Å². The second kappa shape index (κ2) is 4.28. The molecule has 1 amide bonds. The van der Waals surface area contributed by atoms with Gasteiger partial charge in [0.05, 0.1) is 0 Å². The minimum Gasteiger partial charge on any atom is -0.465 e. The van der Waals surface area contributed by atoms with Gasteiger partial charge in [-0.2, -0.15) is 0 Å². The average Bonchev–Trinajstić information content (AvgIpc) is 2.07. The van der Waals surface area contributed by atoms with Crippen LogP contribution in [0.15, 0.2) is 22.7 Å². The van der Waals surface area contributed by atoms with E-state index in [1.807, 2.05) is 25.1 Å². The average molecular weight is 244 g/mol. The Hall–Kier alpha value is -1.03. The van der Waals surface area contributed by atoms with Crippen molar-refractivity contribution in [3.8, 4) is 0 Å². The van der Waals surface area contributed by atoms with Gasteiger partial charge in [-0.25, -0.2) is 4.79 Å². The van der Waals surface area contributed by atoms with E-state index in [4.69, 9.17) is 5.11 Å². The molecule has 0 unspecified atom stereocenters. The standard InChI is InChI=1S/C9H10BrNO2/c1-6-7(5-11-9(12)13)3-2-4-8(6)10/h2-4,11H,5H2,1H3,(H,12,13). The van der Waals surface area contributed by atoms with Crippen LogP contribution >= 0.6 is 15.9 Å². The summed E-state index contributed by atoms with van der Waals surface area (Å²) in [5, 5.41) is 10.7. The first-order chi connectivity index (χ1) is 6.11. The number of nitrogens with one attached hydrogen (secondary N) is 1. The molecule has 0 fully saturated rings. The smallest absolute Gasteiger partial charge is 0.404 e. The van der Waals surface area contributed by atoms with Gasteiger partial charge in [-0.3, -0.25) is 0 Å². The zero-order valence-electron chi connectivity index (χ0n) is 7.17. The molecular weight excluding hydrogens is 234 g/mol. The van der Waals surface area contributed by atoms with E-state index >= 15 is 0 Å². The lowest BCUT2D eigenvalue weighted by atomic mass is 10.1. The van der Waals surface area contributed by atoms with Gasteiger partial charge < -0.3 is 10.4 Å². The summed E-state index contributed by atoms with van der Waals surface area (Å²) in [7, 11) is 0. The third-order valence-electron chi connectivity index (χ3n) is 1.81. The monoisotopic (exact) mass is 243 g/mol. The van der Waals surface area contributed by atoms with Crippen LogP contribution in [-0.4, -0.2) is 11.2 Å². The molecule has 1 aromatic carbocycles. The molecule has 4 heteroatoms. The van der Waals surface area contributed by atoms with Crippen LogP contribution in [0.25, 0.3) is 0 Å². The Labute approximate surface area is 84.9 Å². The van der Waals surface area contributed by atoms with Gasteiger partial charge in [-0.15, -0.1) is 0 Å².